The van der Waals surface area contributed by atoms with Crippen LogP contribution < -0.4 is 10.6 Å². The Morgan fingerprint density at radius 3 is 2.42 bits per heavy atom. The Labute approximate surface area is 211 Å². The van der Waals surface area contributed by atoms with Crippen molar-refractivity contribution in [2.75, 3.05) is 10.6 Å². The average Bonchev–Trinajstić information content (AvgIpc) is 3.45. The predicted molar refractivity (Wildman–Crippen MR) is 137 cm³/mol. The maximum absolute atomic E-state index is 6.34. The maximum atomic E-state index is 6.34. The molecule has 0 atom stereocenters. The molecule has 12 heteroatoms. The second kappa shape index (κ2) is 10.1. The molecular weight excluding hydrogens is 503 g/mol. The van der Waals surface area contributed by atoms with E-state index in [0.29, 0.717) is 39.1 Å². The number of nitrogens with one attached hydrogen (secondary N) is 2. The summed E-state index contributed by atoms with van der Waals surface area (Å²) in [6.45, 7) is 5.95. The van der Waals surface area contributed by atoms with Gasteiger partial charge in [-0.2, -0.15) is 15.3 Å². The minimum Gasteiger partial charge on any atom is -0.330 e. The first-order chi connectivity index (χ1) is 15.8. The Hall–Kier alpha value is -2.59. The van der Waals surface area contributed by atoms with Gasteiger partial charge in [-0.1, -0.05) is 40.9 Å². The van der Waals surface area contributed by atoms with E-state index >= 15 is 0 Å². The van der Waals surface area contributed by atoms with Crippen LogP contribution in [-0.2, 0) is 19.6 Å². The number of anilines is 2. The first kappa shape index (κ1) is 23.6. The Kier molecular flexibility index (Phi) is 7.23. The predicted octanol–water partition coefficient (Wildman–Crippen LogP) is 5.47. The fourth-order valence-electron chi connectivity index (χ4n) is 3.33. The smallest absolute Gasteiger partial charge is 0.176 e. The summed E-state index contributed by atoms with van der Waals surface area (Å²) < 4.78 is 5.43. The summed E-state index contributed by atoms with van der Waals surface area (Å²) in [6.07, 6.45) is 7.13. The Morgan fingerprint density at radius 2 is 1.73 bits per heavy atom. The normalized spacial score (nSPS) is 11.1. The number of thiocarbonyl (C=S) groups is 1. The van der Waals surface area contributed by atoms with Crippen LogP contribution in [0.25, 0.3) is 0 Å². The van der Waals surface area contributed by atoms with E-state index < -0.39 is 0 Å². The quantitative estimate of drug-likeness (QED) is 0.313. The van der Waals surface area contributed by atoms with Gasteiger partial charge in [0.05, 0.1) is 31.2 Å². The molecule has 4 aromatic rings. The molecule has 3 heterocycles. The minimum atomic E-state index is 0.340. The molecule has 0 fully saturated rings. The van der Waals surface area contributed by atoms with Crippen LogP contribution in [0, 0.1) is 6.92 Å². The van der Waals surface area contributed by atoms with Crippen LogP contribution in [0.5, 0.6) is 0 Å². The van der Waals surface area contributed by atoms with Gasteiger partial charge in [0, 0.05) is 45.8 Å². The van der Waals surface area contributed by atoms with Crippen LogP contribution in [0.1, 0.15) is 23.7 Å². The number of aryl methyl sites for hydroxylation is 1. The van der Waals surface area contributed by atoms with E-state index in [4.69, 9.17) is 47.0 Å². The van der Waals surface area contributed by atoms with Gasteiger partial charge in [-0.3, -0.25) is 14.0 Å². The van der Waals surface area contributed by atoms with Crippen LogP contribution in [0.4, 0.5) is 11.5 Å². The summed E-state index contributed by atoms with van der Waals surface area (Å²) in [5, 5.41) is 21.2. The Balaban J connectivity index is 1.38. The summed E-state index contributed by atoms with van der Waals surface area (Å²) in [7, 11) is 0. The fourth-order valence-corrected chi connectivity index (χ4v) is 4.26. The van der Waals surface area contributed by atoms with E-state index in [0.717, 1.165) is 29.1 Å². The molecule has 4 rings (SSSR count). The largest absolute Gasteiger partial charge is 0.330 e. The molecule has 0 aliphatic heterocycles. The lowest BCUT2D eigenvalue weighted by atomic mass is 10.2. The Bertz CT molecular complexity index is 1270. The van der Waals surface area contributed by atoms with E-state index in [1.165, 1.54) is 0 Å². The van der Waals surface area contributed by atoms with Crippen molar-refractivity contribution in [3.05, 3.63) is 74.9 Å². The van der Waals surface area contributed by atoms with Crippen molar-refractivity contribution in [2.45, 2.75) is 33.5 Å². The molecule has 1 aromatic carbocycles. The topological polar surface area (TPSA) is 77.5 Å². The molecule has 2 N–H and O–H groups in total. The third-order valence-corrected chi connectivity index (χ3v) is 6.25. The monoisotopic (exact) mass is 522 g/mol. The van der Waals surface area contributed by atoms with E-state index in [-0.39, 0.29) is 0 Å². The van der Waals surface area contributed by atoms with E-state index in [1.807, 2.05) is 21.8 Å². The lowest BCUT2D eigenvalue weighted by molar-refractivity contribution is 0.633. The van der Waals surface area contributed by atoms with Gasteiger partial charge in [0.25, 0.3) is 0 Å². The highest BCUT2D eigenvalue weighted by atomic mass is 35.5. The summed E-state index contributed by atoms with van der Waals surface area (Å²) in [6, 6.07) is 5.36. The van der Waals surface area contributed by atoms with Crippen LogP contribution >= 0.6 is 47.0 Å². The van der Waals surface area contributed by atoms with Crippen molar-refractivity contribution in [3.8, 4) is 0 Å². The summed E-state index contributed by atoms with van der Waals surface area (Å²) >= 11 is 24.3. The molecule has 0 spiro atoms. The lowest BCUT2D eigenvalue weighted by Gasteiger charge is -2.08. The average molecular weight is 524 g/mol. The molecule has 0 radical (unpaired) electrons. The highest BCUT2D eigenvalue weighted by Crippen LogP contribution is 2.27. The molecule has 0 aliphatic carbocycles. The second-order valence-corrected chi connectivity index (χ2v) is 8.93. The fraction of sp³-hybridized carbons (Fsp3) is 0.238. The standard InChI is InChI=1S/C21H21Cl3N8S/c1-3-32-13(2)14(7-26-32)9-30-10-15(8-25-30)27-21(33)28-20-19(24)12-31(29-20)11-16-17(22)5-4-6-18(16)23/h4-8,10,12H,3,9,11H2,1-2H3,(H2,27,28,29,33). The number of hydrogen-bond donors (Lipinski definition) is 2. The van der Waals surface area contributed by atoms with Crippen molar-refractivity contribution in [3.63, 3.8) is 0 Å². The van der Waals surface area contributed by atoms with Crippen LogP contribution in [0.2, 0.25) is 15.1 Å². The van der Waals surface area contributed by atoms with Gasteiger partial charge in [0.15, 0.2) is 10.9 Å². The number of nitrogens with zero attached hydrogens (tertiary/aromatic N) is 6. The highest BCUT2D eigenvalue weighted by Gasteiger charge is 2.13. The van der Waals surface area contributed by atoms with Crippen LogP contribution in [0.3, 0.4) is 0 Å². The van der Waals surface area contributed by atoms with Crippen molar-refractivity contribution in [1.29, 1.82) is 0 Å². The summed E-state index contributed by atoms with van der Waals surface area (Å²) in [5.74, 6) is 0.423. The number of halogens is 3. The molecule has 0 aliphatic rings. The SMILES string of the molecule is CCn1ncc(Cn2cc(NC(=S)Nc3nn(Cc4c(Cl)cccc4Cl)cc3Cl)cn2)c1C. The van der Waals surface area contributed by atoms with Crippen molar-refractivity contribution < 1.29 is 0 Å². The number of benzene rings is 1. The zero-order valence-corrected chi connectivity index (χ0v) is 21.0. The Morgan fingerprint density at radius 1 is 0.970 bits per heavy atom. The molecule has 172 valence electrons. The third kappa shape index (κ3) is 5.50. The van der Waals surface area contributed by atoms with E-state index in [1.54, 1.807) is 35.3 Å². The third-order valence-electron chi connectivity index (χ3n) is 5.06. The van der Waals surface area contributed by atoms with E-state index in [2.05, 4.69) is 39.8 Å². The van der Waals surface area contributed by atoms with Gasteiger partial charge in [0.1, 0.15) is 5.02 Å². The molecule has 3 aromatic heterocycles. The lowest BCUT2D eigenvalue weighted by Crippen LogP contribution is -2.19. The number of hydrogen-bond acceptors (Lipinski definition) is 4. The zero-order valence-electron chi connectivity index (χ0n) is 17.9. The maximum Gasteiger partial charge on any atom is 0.176 e. The van der Waals surface area contributed by atoms with Crippen molar-refractivity contribution >= 4 is 63.6 Å². The van der Waals surface area contributed by atoms with Gasteiger partial charge >= 0.3 is 0 Å². The molecule has 0 amide bonds. The zero-order chi connectivity index (χ0) is 23.5. The van der Waals surface area contributed by atoms with Gasteiger partial charge < -0.3 is 10.6 Å². The summed E-state index contributed by atoms with van der Waals surface area (Å²) in [5.41, 5.74) is 3.75. The molecular formula is C21H21Cl3N8S. The van der Waals surface area contributed by atoms with Gasteiger partial charge in [-0.05, 0) is 38.2 Å². The molecule has 0 bridgehead atoms. The van der Waals surface area contributed by atoms with Crippen LogP contribution in [-0.4, -0.2) is 34.5 Å². The van der Waals surface area contributed by atoms with E-state index in [9.17, 15) is 0 Å². The summed E-state index contributed by atoms with van der Waals surface area (Å²) in [4.78, 5) is 0. The highest BCUT2D eigenvalue weighted by molar-refractivity contribution is 7.80. The van der Waals surface area contributed by atoms with Crippen LogP contribution in [0.15, 0.2) is 43.0 Å². The number of rotatable bonds is 7. The second-order valence-electron chi connectivity index (χ2n) is 7.30. The minimum absolute atomic E-state index is 0.340. The van der Waals surface area contributed by atoms with Crippen molar-refractivity contribution in [2.24, 2.45) is 0 Å². The first-order valence-electron chi connectivity index (χ1n) is 10.1. The van der Waals surface area contributed by atoms with Crippen molar-refractivity contribution in [1.82, 2.24) is 29.3 Å². The van der Waals surface area contributed by atoms with Gasteiger partial charge in [-0.25, -0.2) is 0 Å². The first-order valence-corrected chi connectivity index (χ1v) is 11.7. The molecule has 0 saturated carbocycles. The molecule has 0 unspecified atom stereocenters. The van der Waals surface area contributed by atoms with Gasteiger partial charge in [0.2, 0.25) is 0 Å². The number of aromatic nitrogens is 6. The van der Waals surface area contributed by atoms with Gasteiger partial charge in [-0.15, -0.1) is 0 Å². The molecule has 0 saturated heterocycles. The molecule has 33 heavy (non-hydrogen) atoms. The molecule has 8 nitrogen and oxygen atoms in total.